The van der Waals surface area contributed by atoms with Crippen LogP contribution in [0.15, 0.2) is 24.3 Å². The number of nitrogens with zero attached hydrogens (tertiary/aromatic N) is 1. The van der Waals surface area contributed by atoms with Crippen LogP contribution >= 0.6 is 24.0 Å². The Morgan fingerprint density at radius 3 is 2.50 bits per heavy atom. The predicted molar refractivity (Wildman–Crippen MR) is 99.2 cm³/mol. The van der Waals surface area contributed by atoms with Crippen molar-refractivity contribution in [2.75, 3.05) is 32.8 Å². The van der Waals surface area contributed by atoms with Crippen molar-refractivity contribution in [1.29, 1.82) is 0 Å². The van der Waals surface area contributed by atoms with Gasteiger partial charge < -0.3 is 14.4 Å². The lowest BCUT2D eigenvalue weighted by Gasteiger charge is -2.30. The summed E-state index contributed by atoms with van der Waals surface area (Å²) in [5.74, 6) is 0.938. The lowest BCUT2D eigenvalue weighted by atomic mass is 9.97. The molecule has 1 fully saturated rings. The van der Waals surface area contributed by atoms with E-state index in [0.717, 1.165) is 62.7 Å². The Balaban J connectivity index is 0.00000288. The van der Waals surface area contributed by atoms with Crippen molar-refractivity contribution in [3.63, 3.8) is 0 Å². The highest BCUT2D eigenvalue weighted by atomic mass is 35.5. The molecule has 1 aromatic rings. The molecule has 1 aliphatic rings. The standard InChI is InChI=1S/C18H26ClNO3.ClH/c1-2-22-18(21)15-9-12-20(13-10-15)11-3-4-14-23-17-7-5-16(19)6-8-17;/h5-8,15H,2-4,9-14H2,1H3;1H. The number of carbonyl (C=O) groups excluding carboxylic acids is 1. The molecule has 0 spiro atoms. The number of piperidine rings is 1. The summed E-state index contributed by atoms with van der Waals surface area (Å²) in [7, 11) is 0. The van der Waals surface area contributed by atoms with Crippen LogP contribution in [0.3, 0.4) is 0 Å². The Hall–Kier alpha value is -0.970. The van der Waals surface area contributed by atoms with Crippen LogP contribution in [0, 0.1) is 5.92 Å². The van der Waals surface area contributed by atoms with Gasteiger partial charge in [0.1, 0.15) is 5.75 Å². The van der Waals surface area contributed by atoms with E-state index in [0.29, 0.717) is 6.61 Å². The zero-order valence-electron chi connectivity index (χ0n) is 14.2. The van der Waals surface area contributed by atoms with Crippen molar-refractivity contribution in [3.8, 4) is 5.75 Å². The third-order valence-electron chi connectivity index (χ3n) is 4.16. The van der Waals surface area contributed by atoms with Crippen LogP contribution < -0.4 is 4.74 Å². The van der Waals surface area contributed by atoms with Crippen LogP contribution in [0.1, 0.15) is 32.6 Å². The number of rotatable bonds is 8. The Morgan fingerprint density at radius 2 is 1.88 bits per heavy atom. The molecule has 0 N–H and O–H groups in total. The van der Waals surface area contributed by atoms with E-state index in [4.69, 9.17) is 21.1 Å². The topological polar surface area (TPSA) is 38.8 Å². The fourth-order valence-electron chi connectivity index (χ4n) is 2.81. The molecule has 0 amide bonds. The van der Waals surface area contributed by atoms with Gasteiger partial charge in [0.05, 0.1) is 19.1 Å². The number of likely N-dealkylation sites (tertiary alicyclic amines) is 1. The first-order valence-electron chi connectivity index (χ1n) is 8.46. The van der Waals surface area contributed by atoms with E-state index >= 15 is 0 Å². The summed E-state index contributed by atoms with van der Waals surface area (Å²) in [5, 5.41) is 0.726. The minimum absolute atomic E-state index is 0. The monoisotopic (exact) mass is 375 g/mol. The lowest BCUT2D eigenvalue weighted by Crippen LogP contribution is -2.37. The molecule has 0 aromatic heterocycles. The van der Waals surface area contributed by atoms with Crippen molar-refractivity contribution in [1.82, 2.24) is 4.90 Å². The number of hydrogen-bond acceptors (Lipinski definition) is 4. The van der Waals surface area contributed by atoms with Crippen molar-refractivity contribution in [2.24, 2.45) is 5.92 Å². The van der Waals surface area contributed by atoms with Crippen molar-refractivity contribution in [2.45, 2.75) is 32.6 Å². The normalized spacial score (nSPS) is 15.6. The quantitative estimate of drug-likeness (QED) is 0.504. The molecule has 0 aliphatic carbocycles. The highest BCUT2D eigenvalue weighted by Gasteiger charge is 2.25. The molecule has 1 heterocycles. The molecule has 1 aliphatic heterocycles. The van der Waals surface area contributed by atoms with Gasteiger partial charge in [0.15, 0.2) is 0 Å². The molecular weight excluding hydrogens is 349 g/mol. The largest absolute Gasteiger partial charge is 0.494 e. The molecular formula is C18H27Cl2NO3. The molecule has 0 bridgehead atoms. The highest BCUT2D eigenvalue weighted by Crippen LogP contribution is 2.19. The van der Waals surface area contributed by atoms with Crippen LogP contribution in [0.4, 0.5) is 0 Å². The number of halogens is 2. The predicted octanol–water partition coefficient (Wildman–Crippen LogP) is 4.20. The Labute approximate surface area is 155 Å². The second-order valence-electron chi connectivity index (χ2n) is 5.88. The fraction of sp³-hybridized carbons (Fsp3) is 0.611. The van der Waals surface area contributed by atoms with Gasteiger partial charge in [-0.25, -0.2) is 0 Å². The van der Waals surface area contributed by atoms with E-state index in [1.54, 1.807) is 0 Å². The maximum atomic E-state index is 11.7. The van der Waals surface area contributed by atoms with Gasteiger partial charge in [0.2, 0.25) is 0 Å². The molecule has 2 rings (SSSR count). The first kappa shape index (κ1) is 21.1. The summed E-state index contributed by atoms with van der Waals surface area (Å²) in [4.78, 5) is 14.1. The van der Waals surface area contributed by atoms with Crippen LogP contribution in [-0.4, -0.2) is 43.7 Å². The van der Waals surface area contributed by atoms with Gasteiger partial charge in [-0.3, -0.25) is 4.79 Å². The first-order chi connectivity index (χ1) is 11.2. The van der Waals surface area contributed by atoms with E-state index in [1.807, 2.05) is 31.2 Å². The molecule has 0 radical (unpaired) electrons. The van der Waals surface area contributed by atoms with Gasteiger partial charge in [-0.05, 0) is 76.5 Å². The summed E-state index contributed by atoms with van der Waals surface area (Å²) in [5.41, 5.74) is 0. The molecule has 0 unspecified atom stereocenters. The molecule has 1 saturated heterocycles. The Morgan fingerprint density at radius 1 is 1.21 bits per heavy atom. The smallest absolute Gasteiger partial charge is 0.309 e. The van der Waals surface area contributed by atoms with Crippen molar-refractivity contribution < 1.29 is 14.3 Å². The number of benzene rings is 1. The summed E-state index contributed by atoms with van der Waals surface area (Å²) in [6, 6.07) is 7.46. The van der Waals surface area contributed by atoms with E-state index < -0.39 is 0 Å². The van der Waals surface area contributed by atoms with Crippen molar-refractivity contribution in [3.05, 3.63) is 29.3 Å². The lowest BCUT2D eigenvalue weighted by molar-refractivity contribution is -0.149. The Kier molecular flexibility index (Phi) is 10.2. The van der Waals surface area contributed by atoms with Gasteiger partial charge in [-0.2, -0.15) is 0 Å². The average Bonchev–Trinajstić information content (AvgIpc) is 2.57. The van der Waals surface area contributed by atoms with Crippen LogP contribution in [-0.2, 0) is 9.53 Å². The first-order valence-corrected chi connectivity index (χ1v) is 8.84. The second kappa shape index (κ2) is 11.6. The molecule has 0 saturated carbocycles. The maximum Gasteiger partial charge on any atom is 0.309 e. The summed E-state index contributed by atoms with van der Waals surface area (Å²) in [6.45, 7) is 6.11. The maximum absolute atomic E-state index is 11.7. The molecule has 6 heteroatoms. The number of esters is 1. The number of hydrogen-bond donors (Lipinski definition) is 0. The highest BCUT2D eigenvalue weighted by molar-refractivity contribution is 6.30. The SMILES string of the molecule is CCOC(=O)C1CCN(CCCCOc2ccc(Cl)cc2)CC1.Cl. The summed E-state index contributed by atoms with van der Waals surface area (Å²) < 4.78 is 10.8. The fourth-order valence-corrected chi connectivity index (χ4v) is 2.94. The van der Waals surface area contributed by atoms with Gasteiger partial charge in [0, 0.05) is 5.02 Å². The van der Waals surface area contributed by atoms with Gasteiger partial charge in [-0.15, -0.1) is 12.4 Å². The van der Waals surface area contributed by atoms with E-state index in [2.05, 4.69) is 4.90 Å². The second-order valence-corrected chi connectivity index (χ2v) is 6.31. The van der Waals surface area contributed by atoms with E-state index in [-0.39, 0.29) is 24.3 Å². The molecule has 136 valence electrons. The van der Waals surface area contributed by atoms with Gasteiger partial charge in [-0.1, -0.05) is 11.6 Å². The van der Waals surface area contributed by atoms with Crippen LogP contribution in [0.5, 0.6) is 5.75 Å². The zero-order valence-corrected chi connectivity index (χ0v) is 15.8. The summed E-state index contributed by atoms with van der Waals surface area (Å²) >= 11 is 5.84. The molecule has 1 aromatic carbocycles. The minimum atomic E-state index is -0.0245. The Bertz CT molecular complexity index is 474. The molecule has 0 atom stereocenters. The van der Waals surface area contributed by atoms with E-state index in [9.17, 15) is 4.79 Å². The number of ether oxygens (including phenoxy) is 2. The minimum Gasteiger partial charge on any atom is -0.494 e. The van der Waals surface area contributed by atoms with Gasteiger partial charge in [0.25, 0.3) is 0 Å². The number of carbonyl (C=O) groups is 1. The van der Waals surface area contributed by atoms with Gasteiger partial charge >= 0.3 is 5.97 Å². The molecule has 24 heavy (non-hydrogen) atoms. The number of unbranched alkanes of at least 4 members (excludes halogenated alkanes) is 1. The summed E-state index contributed by atoms with van der Waals surface area (Å²) in [6.07, 6.45) is 3.97. The zero-order chi connectivity index (χ0) is 16.5. The third kappa shape index (κ3) is 7.29. The van der Waals surface area contributed by atoms with Crippen LogP contribution in [0.2, 0.25) is 5.02 Å². The molecule has 4 nitrogen and oxygen atoms in total. The third-order valence-corrected chi connectivity index (χ3v) is 4.41. The van der Waals surface area contributed by atoms with E-state index in [1.165, 1.54) is 0 Å². The van der Waals surface area contributed by atoms with Crippen molar-refractivity contribution >= 4 is 30.0 Å². The average molecular weight is 376 g/mol. The van der Waals surface area contributed by atoms with Crippen LogP contribution in [0.25, 0.3) is 0 Å².